The van der Waals surface area contributed by atoms with Gasteiger partial charge in [0.1, 0.15) is 5.78 Å². The van der Waals surface area contributed by atoms with Gasteiger partial charge < -0.3 is 5.32 Å². The lowest BCUT2D eigenvalue weighted by Gasteiger charge is -2.31. The van der Waals surface area contributed by atoms with E-state index in [1.165, 1.54) is 0 Å². The van der Waals surface area contributed by atoms with Crippen molar-refractivity contribution in [2.45, 2.75) is 38.1 Å². The minimum absolute atomic E-state index is 0.102. The van der Waals surface area contributed by atoms with Crippen LogP contribution in [-0.2, 0) is 9.59 Å². The van der Waals surface area contributed by atoms with Gasteiger partial charge in [0.15, 0.2) is 0 Å². The van der Waals surface area contributed by atoms with Crippen LogP contribution in [-0.4, -0.2) is 42.3 Å². The van der Waals surface area contributed by atoms with Crippen molar-refractivity contribution in [2.24, 2.45) is 0 Å². The van der Waals surface area contributed by atoms with E-state index in [2.05, 4.69) is 10.2 Å². The first-order valence-corrected chi connectivity index (χ1v) is 5.78. The number of nitrogens with one attached hydrogen (secondary N) is 1. The average molecular weight is 210 g/mol. The molecule has 15 heavy (non-hydrogen) atoms. The van der Waals surface area contributed by atoms with Crippen LogP contribution in [0.15, 0.2) is 0 Å². The summed E-state index contributed by atoms with van der Waals surface area (Å²) in [5.74, 6) is 0.460. The molecule has 0 aromatic rings. The van der Waals surface area contributed by atoms with E-state index < -0.39 is 0 Å². The van der Waals surface area contributed by atoms with Crippen molar-refractivity contribution < 1.29 is 9.59 Å². The van der Waals surface area contributed by atoms with Gasteiger partial charge in [0.25, 0.3) is 0 Å². The molecule has 0 spiro atoms. The smallest absolute Gasteiger partial charge is 0.234 e. The number of amides is 1. The third-order valence-corrected chi connectivity index (χ3v) is 3.26. The second-order valence-electron chi connectivity index (χ2n) is 4.46. The molecule has 1 aliphatic heterocycles. The quantitative estimate of drug-likeness (QED) is 0.678. The molecule has 4 heteroatoms. The highest BCUT2D eigenvalue weighted by atomic mass is 16.2. The molecular weight excluding hydrogens is 192 g/mol. The van der Waals surface area contributed by atoms with Crippen LogP contribution < -0.4 is 5.32 Å². The predicted molar refractivity (Wildman–Crippen MR) is 56.5 cm³/mol. The lowest BCUT2D eigenvalue weighted by atomic mass is 9.93. The fourth-order valence-electron chi connectivity index (χ4n) is 2.45. The number of nitrogens with zero attached hydrogens (tertiary/aromatic N) is 1. The van der Waals surface area contributed by atoms with E-state index in [9.17, 15) is 9.59 Å². The molecule has 2 aliphatic rings. The van der Waals surface area contributed by atoms with Gasteiger partial charge in [-0.25, -0.2) is 0 Å². The van der Waals surface area contributed by atoms with E-state index in [-0.39, 0.29) is 5.91 Å². The first kappa shape index (κ1) is 10.6. The first-order chi connectivity index (χ1) is 7.25. The van der Waals surface area contributed by atoms with Gasteiger partial charge in [0.2, 0.25) is 5.91 Å². The fraction of sp³-hybridized carbons (Fsp3) is 0.818. The number of rotatable bonds is 1. The molecule has 2 rings (SSSR count). The zero-order valence-electron chi connectivity index (χ0n) is 9.00. The highest BCUT2D eigenvalue weighted by molar-refractivity contribution is 5.80. The van der Waals surface area contributed by atoms with Crippen molar-refractivity contribution in [3.63, 3.8) is 0 Å². The number of Topliss-reactive ketones (excluding diaryl/α,β-unsaturated/α-hetero) is 1. The topological polar surface area (TPSA) is 49.4 Å². The van der Waals surface area contributed by atoms with Gasteiger partial charge in [0.05, 0.1) is 6.54 Å². The van der Waals surface area contributed by atoms with Crippen LogP contribution in [0.4, 0.5) is 0 Å². The molecule has 1 N–H and O–H groups in total. The monoisotopic (exact) mass is 210 g/mol. The van der Waals surface area contributed by atoms with Crippen LogP contribution in [0.25, 0.3) is 0 Å². The Bertz CT molecular complexity index is 265. The standard InChI is InChI=1S/C11H18N2O2/c14-10-4-1-3-9(7-10)13-6-2-5-12-11(15)8-13/h9H,1-8H2,(H,12,15). The molecule has 1 saturated heterocycles. The molecule has 0 aromatic heterocycles. The van der Waals surface area contributed by atoms with E-state index >= 15 is 0 Å². The number of hydrogen-bond donors (Lipinski definition) is 1. The van der Waals surface area contributed by atoms with Crippen LogP contribution in [0.2, 0.25) is 0 Å². The SMILES string of the molecule is O=C1CCCC(N2CCCNC(=O)C2)C1. The number of carbonyl (C=O) groups excluding carboxylic acids is 2. The molecular formula is C11H18N2O2. The van der Waals surface area contributed by atoms with Gasteiger partial charge in [-0.15, -0.1) is 0 Å². The van der Waals surface area contributed by atoms with Crippen molar-refractivity contribution in [1.29, 1.82) is 0 Å². The number of hydrogen-bond acceptors (Lipinski definition) is 3. The third-order valence-electron chi connectivity index (χ3n) is 3.26. The van der Waals surface area contributed by atoms with Gasteiger partial charge in [-0.05, 0) is 19.3 Å². The van der Waals surface area contributed by atoms with E-state index in [4.69, 9.17) is 0 Å². The molecule has 0 bridgehead atoms. The summed E-state index contributed by atoms with van der Waals surface area (Å²) in [5, 5.41) is 2.86. The van der Waals surface area contributed by atoms with Gasteiger partial charge >= 0.3 is 0 Å². The molecule has 1 unspecified atom stereocenters. The summed E-state index contributed by atoms with van der Waals surface area (Å²) in [7, 11) is 0. The van der Waals surface area contributed by atoms with E-state index in [1.54, 1.807) is 0 Å². The Morgan fingerprint density at radius 3 is 2.93 bits per heavy atom. The lowest BCUT2D eigenvalue weighted by Crippen LogP contribution is -2.42. The molecule has 1 atom stereocenters. The fourth-order valence-corrected chi connectivity index (χ4v) is 2.45. The summed E-state index contributed by atoms with van der Waals surface area (Å²) >= 11 is 0. The summed E-state index contributed by atoms with van der Waals surface area (Å²) in [6.07, 6.45) is 4.43. The minimum Gasteiger partial charge on any atom is -0.355 e. The largest absolute Gasteiger partial charge is 0.355 e. The van der Waals surface area contributed by atoms with Crippen molar-refractivity contribution in [2.75, 3.05) is 19.6 Å². The zero-order valence-corrected chi connectivity index (χ0v) is 9.00. The lowest BCUT2D eigenvalue weighted by molar-refractivity contribution is -0.125. The second kappa shape index (κ2) is 4.75. The van der Waals surface area contributed by atoms with Crippen LogP contribution >= 0.6 is 0 Å². The highest BCUT2D eigenvalue weighted by Crippen LogP contribution is 2.20. The van der Waals surface area contributed by atoms with Crippen molar-refractivity contribution in [3.05, 3.63) is 0 Å². The van der Waals surface area contributed by atoms with Crippen molar-refractivity contribution >= 4 is 11.7 Å². The summed E-state index contributed by atoms with van der Waals surface area (Å²) in [5.41, 5.74) is 0. The molecule has 1 saturated carbocycles. The van der Waals surface area contributed by atoms with Gasteiger partial charge in [-0.3, -0.25) is 14.5 Å². The van der Waals surface area contributed by atoms with Gasteiger partial charge in [-0.2, -0.15) is 0 Å². The molecule has 0 aromatic carbocycles. The number of ketones is 1. The third kappa shape index (κ3) is 2.78. The number of carbonyl (C=O) groups is 2. The normalized spacial score (nSPS) is 29.7. The maximum atomic E-state index is 11.4. The van der Waals surface area contributed by atoms with Crippen LogP contribution in [0.1, 0.15) is 32.1 Å². The molecule has 0 radical (unpaired) electrons. The highest BCUT2D eigenvalue weighted by Gasteiger charge is 2.27. The van der Waals surface area contributed by atoms with Gasteiger partial charge in [0, 0.05) is 32.0 Å². The maximum absolute atomic E-state index is 11.4. The second-order valence-corrected chi connectivity index (χ2v) is 4.46. The van der Waals surface area contributed by atoms with Gasteiger partial charge in [-0.1, -0.05) is 0 Å². The Kier molecular flexibility index (Phi) is 3.36. The van der Waals surface area contributed by atoms with Crippen LogP contribution in [0, 0.1) is 0 Å². The Hall–Kier alpha value is -0.900. The van der Waals surface area contributed by atoms with Crippen molar-refractivity contribution in [3.8, 4) is 0 Å². The first-order valence-electron chi connectivity index (χ1n) is 5.78. The summed E-state index contributed by atoms with van der Waals surface area (Å²) in [4.78, 5) is 24.9. The average Bonchev–Trinajstić information content (AvgIpc) is 2.43. The summed E-state index contributed by atoms with van der Waals surface area (Å²) < 4.78 is 0. The maximum Gasteiger partial charge on any atom is 0.234 e. The Labute approximate surface area is 90.0 Å². The zero-order chi connectivity index (χ0) is 10.7. The van der Waals surface area contributed by atoms with E-state index in [1.807, 2.05) is 0 Å². The molecule has 4 nitrogen and oxygen atoms in total. The molecule has 1 heterocycles. The Balaban J connectivity index is 1.95. The van der Waals surface area contributed by atoms with E-state index in [0.717, 1.165) is 38.8 Å². The molecule has 1 aliphatic carbocycles. The Morgan fingerprint density at radius 1 is 1.27 bits per heavy atom. The Morgan fingerprint density at radius 2 is 2.13 bits per heavy atom. The van der Waals surface area contributed by atoms with Crippen LogP contribution in [0.3, 0.4) is 0 Å². The molecule has 84 valence electrons. The van der Waals surface area contributed by atoms with E-state index in [0.29, 0.717) is 24.8 Å². The predicted octanol–water partition coefficient (Wildman–Crippen LogP) is 0.320. The van der Waals surface area contributed by atoms with Crippen LogP contribution in [0.5, 0.6) is 0 Å². The molecule has 2 fully saturated rings. The minimum atomic E-state index is 0.102. The molecule has 1 amide bonds. The summed E-state index contributed by atoms with van der Waals surface area (Å²) in [6, 6.07) is 0.315. The summed E-state index contributed by atoms with van der Waals surface area (Å²) in [6.45, 7) is 2.19. The van der Waals surface area contributed by atoms with Crippen molar-refractivity contribution in [1.82, 2.24) is 10.2 Å².